The highest BCUT2D eigenvalue weighted by atomic mass is 35.5. The predicted octanol–water partition coefficient (Wildman–Crippen LogP) is 5.51. The number of morpholine rings is 1. The molecule has 1 fully saturated rings. The summed E-state index contributed by atoms with van der Waals surface area (Å²) in [7, 11) is 1.20. The van der Waals surface area contributed by atoms with Crippen LogP contribution in [0.15, 0.2) is 48.5 Å². The van der Waals surface area contributed by atoms with Crippen LogP contribution in [0.4, 0.5) is 20.2 Å². The van der Waals surface area contributed by atoms with Crippen LogP contribution in [0, 0.1) is 11.6 Å². The number of nitrogens with zero attached hydrogens (tertiary/aromatic N) is 1. The number of amides is 1. The molecule has 0 atom stereocenters. The third-order valence-electron chi connectivity index (χ3n) is 6.17. The average Bonchev–Trinajstić information content (AvgIpc) is 3.19. The van der Waals surface area contributed by atoms with E-state index in [1.807, 2.05) is 24.3 Å². The Hall–Kier alpha value is -3.62. The van der Waals surface area contributed by atoms with E-state index in [9.17, 15) is 18.7 Å². The number of nitrogens with one attached hydrogen (secondary N) is 1. The molecule has 35 heavy (non-hydrogen) atoms. The number of anilines is 2. The van der Waals surface area contributed by atoms with E-state index in [0.29, 0.717) is 35.1 Å². The van der Waals surface area contributed by atoms with Gasteiger partial charge in [-0.05, 0) is 42.0 Å². The largest absolute Gasteiger partial charge is 0.506 e. The highest BCUT2D eigenvalue weighted by Gasteiger charge is 2.31. The topological polar surface area (TPSA) is 71.0 Å². The molecule has 0 aliphatic carbocycles. The molecule has 180 valence electrons. The molecule has 0 radical (unpaired) electrons. The number of carbonyl (C=O) groups excluding carboxylic acids is 1. The van der Waals surface area contributed by atoms with Crippen LogP contribution in [0.1, 0.15) is 11.1 Å². The first-order valence-electron chi connectivity index (χ1n) is 10.9. The lowest BCUT2D eigenvalue weighted by molar-refractivity contribution is -0.110. The smallest absolute Gasteiger partial charge is 0.260 e. The number of halogens is 3. The zero-order valence-corrected chi connectivity index (χ0v) is 19.5. The van der Waals surface area contributed by atoms with Crippen molar-refractivity contribution in [1.29, 1.82) is 0 Å². The molecular weight excluding hydrogens is 478 g/mol. The van der Waals surface area contributed by atoms with Crippen LogP contribution in [0.5, 0.6) is 5.75 Å². The van der Waals surface area contributed by atoms with Crippen molar-refractivity contribution in [2.45, 2.75) is 0 Å². The molecule has 3 aromatic carbocycles. The molecule has 1 saturated heterocycles. The lowest BCUT2D eigenvalue weighted by Gasteiger charge is -2.29. The molecule has 5 rings (SSSR count). The lowest BCUT2D eigenvalue weighted by Crippen LogP contribution is -2.36. The minimum Gasteiger partial charge on any atom is -0.506 e. The van der Waals surface area contributed by atoms with E-state index in [0.717, 1.165) is 30.4 Å². The predicted molar refractivity (Wildman–Crippen MR) is 131 cm³/mol. The molecule has 0 aromatic heterocycles. The quantitative estimate of drug-likeness (QED) is 0.367. The van der Waals surface area contributed by atoms with Crippen molar-refractivity contribution in [3.8, 4) is 16.9 Å². The summed E-state index contributed by atoms with van der Waals surface area (Å²) in [5.74, 6) is -4.22. The molecule has 0 bridgehead atoms. The van der Waals surface area contributed by atoms with E-state index in [1.165, 1.54) is 13.2 Å². The van der Waals surface area contributed by atoms with Crippen molar-refractivity contribution in [2.24, 2.45) is 0 Å². The lowest BCUT2D eigenvalue weighted by atomic mass is 9.96. The molecule has 0 unspecified atom stereocenters. The van der Waals surface area contributed by atoms with Gasteiger partial charge in [0.2, 0.25) is 5.82 Å². The first kappa shape index (κ1) is 23.1. The van der Waals surface area contributed by atoms with Gasteiger partial charge < -0.3 is 24.8 Å². The Balaban J connectivity index is 1.56. The fourth-order valence-electron chi connectivity index (χ4n) is 4.33. The maximum atomic E-state index is 14.6. The minimum absolute atomic E-state index is 0.175. The van der Waals surface area contributed by atoms with Crippen molar-refractivity contribution < 1.29 is 28.2 Å². The summed E-state index contributed by atoms with van der Waals surface area (Å²) in [6, 6.07) is 13.4. The Bertz CT molecular complexity index is 1350. The monoisotopic (exact) mass is 498 g/mol. The SMILES string of the molecule is COc1ccc(/C(O)=C2/C(=O)Nc3cc(Cl)c(-c4ccc(N5CCOCC5)cc4)cc32)c(F)c1F. The van der Waals surface area contributed by atoms with Gasteiger partial charge in [-0.3, -0.25) is 4.79 Å². The maximum absolute atomic E-state index is 14.6. The standard InChI is InChI=1S/C26H21ClF2N2O4/c1-34-21-7-6-16(23(28)24(21)29)25(32)22-18-12-17(19(27)13-20(18)30-26(22)33)14-2-4-15(5-3-14)31-8-10-35-11-9-31/h2-7,12-13,32H,8-11H2,1H3,(H,30,33)/b25-22-. The molecule has 3 aromatic rings. The second kappa shape index (κ2) is 9.20. The van der Waals surface area contributed by atoms with Crippen molar-refractivity contribution >= 4 is 40.2 Å². The first-order chi connectivity index (χ1) is 16.9. The first-order valence-corrected chi connectivity index (χ1v) is 11.3. The van der Waals surface area contributed by atoms with E-state index < -0.39 is 28.9 Å². The number of fused-ring (bicyclic) bond motifs is 1. The van der Waals surface area contributed by atoms with Gasteiger partial charge in [0.15, 0.2) is 11.6 Å². The maximum Gasteiger partial charge on any atom is 0.260 e. The summed E-state index contributed by atoms with van der Waals surface area (Å²) in [6.45, 7) is 2.97. The van der Waals surface area contributed by atoms with Crippen molar-refractivity contribution in [3.63, 3.8) is 0 Å². The summed E-state index contributed by atoms with van der Waals surface area (Å²) in [6.07, 6.45) is 0. The number of methoxy groups -OCH3 is 1. The molecule has 2 N–H and O–H groups in total. The number of aliphatic hydroxyl groups excluding tert-OH is 1. The molecule has 0 saturated carbocycles. The van der Waals surface area contributed by atoms with Crippen LogP contribution in [0.3, 0.4) is 0 Å². The Morgan fingerprint density at radius 1 is 1.06 bits per heavy atom. The Kier molecular flexibility index (Phi) is 6.08. The van der Waals surface area contributed by atoms with Gasteiger partial charge >= 0.3 is 0 Å². The molecule has 0 spiro atoms. The van der Waals surface area contributed by atoms with Crippen LogP contribution < -0.4 is 15.0 Å². The number of ether oxygens (including phenoxy) is 2. The summed E-state index contributed by atoms with van der Waals surface area (Å²) in [4.78, 5) is 14.9. The fourth-order valence-corrected chi connectivity index (χ4v) is 4.60. The number of carbonyl (C=O) groups is 1. The molecule has 9 heteroatoms. The summed E-state index contributed by atoms with van der Waals surface area (Å²) < 4.78 is 39.1. The highest BCUT2D eigenvalue weighted by Crippen LogP contribution is 2.43. The summed E-state index contributed by atoms with van der Waals surface area (Å²) in [5, 5.41) is 13.9. The van der Waals surface area contributed by atoms with E-state index in [2.05, 4.69) is 10.2 Å². The van der Waals surface area contributed by atoms with Gasteiger partial charge in [-0.25, -0.2) is 4.39 Å². The summed E-state index contributed by atoms with van der Waals surface area (Å²) >= 11 is 6.52. The molecular formula is C26H21ClF2N2O4. The highest BCUT2D eigenvalue weighted by molar-refractivity contribution is 6.38. The van der Waals surface area contributed by atoms with Gasteiger partial charge in [-0.1, -0.05) is 23.7 Å². The van der Waals surface area contributed by atoms with Crippen LogP contribution in [-0.2, 0) is 9.53 Å². The molecule has 2 heterocycles. The number of hydrogen-bond donors (Lipinski definition) is 2. The van der Waals surface area contributed by atoms with Gasteiger partial charge in [0.25, 0.3) is 5.91 Å². The third kappa shape index (κ3) is 4.09. The van der Waals surface area contributed by atoms with Crippen molar-refractivity contribution in [1.82, 2.24) is 0 Å². The minimum atomic E-state index is -1.32. The molecule has 2 aliphatic rings. The average molecular weight is 499 g/mol. The Morgan fingerprint density at radius 3 is 2.46 bits per heavy atom. The van der Waals surface area contributed by atoms with Crippen LogP contribution >= 0.6 is 11.6 Å². The second-order valence-electron chi connectivity index (χ2n) is 8.15. The van der Waals surface area contributed by atoms with E-state index in [1.54, 1.807) is 12.1 Å². The van der Waals surface area contributed by atoms with E-state index in [-0.39, 0.29) is 11.3 Å². The zero-order chi connectivity index (χ0) is 24.7. The third-order valence-corrected chi connectivity index (χ3v) is 6.48. The zero-order valence-electron chi connectivity index (χ0n) is 18.7. The van der Waals surface area contributed by atoms with E-state index in [4.69, 9.17) is 21.1 Å². The van der Waals surface area contributed by atoms with Gasteiger partial charge in [0, 0.05) is 29.9 Å². The van der Waals surface area contributed by atoms with E-state index >= 15 is 0 Å². The normalized spacial score (nSPS) is 16.7. The van der Waals surface area contributed by atoms with Gasteiger partial charge in [-0.15, -0.1) is 0 Å². The fraction of sp³-hybridized carbons (Fsp3) is 0.192. The van der Waals surface area contributed by atoms with Crippen LogP contribution in [0.2, 0.25) is 5.02 Å². The van der Waals surface area contributed by atoms with Crippen molar-refractivity contribution in [3.05, 3.63) is 76.3 Å². The van der Waals surface area contributed by atoms with Crippen LogP contribution in [-0.4, -0.2) is 44.4 Å². The Labute approximate surface area is 205 Å². The molecule has 2 aliphatic heterocycles. The number of hydrogen-bond acceptors (Lipinski definition) is 5. The number of aliphatic hydroxyl groups is 1. The summed E-state index contributed by atoms with van der Waals surface area (Å²) in [5.41, 5.74) is 2.56. The molecule has 6 nitrogen and oxygen atoms in total. The molecule has 1 amide bonds. The number of rotatable bonds is 4. The number of benzene rings is 3. The van der Waals surface area contributed by atoms with Gasteiger partial charge in [-0.2, -0.15) is 4.39 Å². The van der Waals surface area contributed by atoms with Crippen molar-refractivity contribution in [2.75, 3.05) is 43.6 Å². The van der Waals surface area contributed by atoms with Gasteiger partial charge in [0.1, 0.15) is 5.76 Å². The van der Waals surface area contributed by atoms with Crippen LogP contribution in [0.25, 0.3) is 22.5 Å². The second-order valence-corrected chi connectivity index (χ2v) is 8.55. The Morgan fingerprint density at radius 2 is 1.77 bits per heavy atom. The van der Waals surface area contributed by atoms with Gasteiger partial charge in [0.05, 0.1) is 42.2 Å².